The molecule has 1 amide bonds. The minimum atomic E-state index is -0.159. The highest BCUT2D eigenvalue weighted by Gasteiger charge is 2.10. The van der Waals surface area contributed by atoms with E-state index in [-0.39, 0.29) is 12.5 Å². The molecule has 0 saturated carbocycles. The van der Waals surface area contributed by atoms with E-state index in [9.17, 15) is 4.79 Å². The molecule has 0 saturated heterocycles. The molecule has 5 heteroatoms. The third-order valence-corrected chi connectivity index (χ3v) is 2.83. The number of carbonyl (C=O) groups excluding carboxylic acids is 1. The van der Waals surface area contributed by atoms with Crippen LogP contribution in [-0.4, -0.2) is 24.2 Å². The van der Waals surface area contributed by atoms with Gasteiger partial charge < -0.3 is 20.2 Å². The lowest BCUT2D eigenvalue weighted by atomic mass is 10.1. The molecule has 0 atom stereocenters. The molecule has 0 aliphatic carbocycles. The second-order valence-electron chi connectivity index (χ2n) is 4.31. The molecule has 0 unspecified atom stereocenters. The van der Waals surface area contributed by atoms with Crippen molar-refractivity contribution in [3.63, 3.8) is 0 Å². The van der Waals surface area contributed by atoms with Crippen LogP contribution in [0, 0.1) is 0 Å². The first kappa shape index (κ1) is 14.1. The molecule has 0 aliphatic heterocycles. The van der Waals surface area contributed by atoms with Crippen LogP contribution in [0.4, 0.5) is 5.69 Å². The van der Waals surface area contributed by atoms with Gasteiger partial charge in [-0.1, -0.05) is 12.1 Å². The second-order valence-corrected chi connectivity index (χ2v) is 4.31. The Morgan fingerprint density at radius 1 is 1.20 bits per heavy atom. The summed E-state index contributed by atoms with van der Waals surface area (Å²) in [5, 5.41) is 14.7. The van der Waals surface area contributed by atoms with Crippen molar-refractivity contribution in [2.75, 3.05) is 18.5 Å². The molecule has 0 radical (unpaired) electrons. The van der Waals surface area contributed by atoms with Crippen molar-refractivity contribution in [3.8, 4) is 0 Å². The molecule has 1 aromatic carbocycles. The van der Waals surface area contributed by atoms with Crippen LogP contribution in [0.5, 0.6) is 0 Å². The summed E-state index contributed by atoms with van der Waals surface area (Å²) < 4.78 is 5.17. The van der Waals surface area contributed by atoms with E-state index < -0.39 is 0 Å². The predicted octanol–water partition coefficient (Wildman–Crippen LogP) is 2.00. The zero-order chi connectivity index (χ0) is 14.2. The van der Waals surface area contributed by atoms with E-state index in [1.807, 2.05) is 24.3 Å². The van der Waals surface area contributed by atoms with Crippen molar-refractivity contribution in [2.24, 2.45) is 0 Å². The van der Waals surface area contributed by atoms with Crippen LogP contribution in [-0.2, 0) is 6.54 Å². The maximum absolute atomic E-state index is 12.2. The number of rotatable bonds is 7. The van der Waals surface area contributed by atoms with Gasteiger partial charge in [0.2, 0.25) is 0 Å². The van der Waals surface area contributed by atoms with Crippen molar-refractivity contribution in [2.45, 2.75) is 13.0 Å². The quantitative estimate of drug-likeness (QED) is 0.675. The highest BCUT2D eigenvalue weighted by molar-refractivity contribution is 5.99. The van der Waals surface area contributed by atoms with Crippen LogP contribution in [0.25, 0.3) is 0 Å². The number of hydrogen-bond donors (Lipinski definition) is 3. The van der Waals surface area contributed by atoms with Crippen LogP contribution < -0.4 is 10.6 Å². The van der Waals surface area contributed by atoms with Crippen molar-refractivity contribution in [3.05, 3.63) is 54.0 Å². The van der Waals surface area contributed by atoms with Gasteiger partial charge in [-0.25, -0.2) is 0 Å². The Balaban J connectivity index is 1.97. The summed E-state index contributed by atoms with van der Waals surface area (Å²) in [5.74, 6) is 0.553. The van der Waals surface area contributed by atoms with Gasteiger partial charge in [-0.05, 0) is 30.7 Å². The van der Waals surface area contributed by atoms with E-state index in [0.29, 0.717) is 30.8 Å². The third-order valence-electron chi connectivity index (χ3n) is 2.83. The van der Waals surface area contributed by atoms with Gasteiger partial charge in [0, 0.05) is 18.8 Å². The van der Waals surface area contributed by atoms with Crippen molar-refractivity contribution >= 4 is 11.6 Å². The average Bonchev–Trinajstić information content (AvgIpc) is 2.99. The van der Waals surface area contributed by atoms with Gasteiger partial charge in [-0.3, -0.25) is 4.79 Å². The fraction of sp³-hybridized carbons (Fsp3) is 0.267. The molecule has 0 bridgehead atoms. The molecule has 2 rings (SSSR count). The number of anilines is 1. The highest BCUT2D eigenvalue weighted by Crippen LogP contribution is 2.15. The van der Waals surface area contributed by atoms with Gasteiger partial charge in [0.05, 0.1) is 18.4 Å². The predicted molar refractivity (Wildman–Crippen MR) is 76.5 cm³/mol. The molecular formula is C15H18N2O3. The molecular weight excluding hydrogens is 256 g/mol. The van der Waals surface area contributed by atoms with Crippen molar-refractivity contribution < 1.29 is 14.3 Å². The largest absolute Gasteiger partial charge is 0.467 e. The Morgan fingerprint density at radius 2 is 2.05 bits per heavy atom. The van der Waals surface area contributed by atoms with Crippen molar-refractivity contribution in [1.82, 2.24) is 5.32 Å². The normalized spacial score (nSPS) is 10.2. The number of para-hydroxylation sites is 1. The van der Waals surface area contributed by atoms with Crippen LogP contribution in [0.15, 0.2) is 47.1 Å². The van der Waals surface area contributed by atoms with E-state index in [1.54, 1.807) is 18.4 Å². The van der Waals surface area contributed by atoms with Crippen LogP contribution in [0.3, 0.4) is 0 Å². The molecule has 1 aromatic heterocycles. The van der Waals surface area contributed by atoms with E-state index in [2.05, 4.69) is 10.6 Å². The number of aliphatic hydroxyl groups excluding tert-OH is 1. The molecule has 1 heterocycles. The van der Waals surface area contributed by atoms with Crippen molar-refractivity contribution in [1.29, 1.82) is 0 Å². The summed E-state index contributed by atoms with van der Waals surface area (Å²) in [5.41, 5.74) is 1.34. The fourth-order valence-electron chi connectivity index (χ4n) is 1.81. The van der Waals surface area contributed by atoms with Gasteiger partial charge in [0.15, 0.2) is 0 Å². The SMILES string of the molecule is O=C(NCc1ccco1)c1ccccc1NCCCO. The monoisotopic (exact) mass is 274 g/mol. The molecule has 106 valence electrons. The number of nitrogens with one attached hydrogen (secondary N) is 2. The van der Waals surface area contributed by atoms with Gasteiger partial charge in [0.1, 0.15) is 5.76 Å². The molecule has 0 aliphatic rings. The highest BCUT2D eigenvalue weighted by atomic mass is 16.3. The summed E-state index contributed by atoms with van der Waals surface area (Å²) in [6.45, 7) is 1.11. The number of amides is 1. The number of aliphatic hydroxyl groups is 1. The van der Waals surface area contributed by atoms with Gasteiger partial charge in [-0.2, -0.15) is 0 Å². The topological polar surface area (TPSA) is 74.5 Å². The Morgan fingerprint density at radius 3 is 2.80 bits per heavy atom. The Kier molecular flexibility index (Phi) is 5.20. The third kappa shape index (κ3) is 3.86. The second kappa shape index (κ2) is 7.35. The van der Waals surface area contributed by atoms with E-state index in [4.69, 9.17) is 9.52 Å². The smallest absolute Gasteiger partial charge is 0.253 e. The van der Waals surface area contributed by atoms with E-state index >= 15 is 0 Å². The van der Waals surface area contributed by atoms with Gasteiger partial charge in [-0.15, -0.1) is 0 Å². The Bertz CT molecular complexity index is 538. The fourth-order valence-corrected chi connectivity index (χ4v) is 1.81. The summed E-state index contributed by atoms with van der Waals surface area (Å²) >= 11 is 0. The first-order chi connectivity index (χ1) is 9.81. The molecule has 2 aromatic rings. The summed E-state index contributed by atoms with van der Waals surface area (Å²) in [7, 11) is 0. The molecule has 20 heavy (non-hydrogen) atoms. The summed E-state index contributed by atoms with van der Waals surface area (Å²) in [4.78, 5) is 12.2. The lowest BCUT2D eigenvalue weighted by molar-refractivity contribution is 0.0949. The molecule has 5 nitrogen and oxygen atoms in total. The number of furan rings is 1. The summed E-state index contributed by atoms with van der Waals surface area (Å²) in [6, 6.07) is 10.9. The molecule has 0 fully saturated rings. The first-order valence-electron chi connectivity index (χ1n) is 6.55. The average molecular weight is 274 g/mol. The molecule has 0 spiro atoms. The lowest BCUT2D eigenvalue weighted by Crippen LogP contribution is -2.23. The lowest BCUT2D eigenvalue weighted by Gasteiger charge is -2.11. The first-order valence-corrected chi connectivity index (χ1v) is 6.55. The molecule has 3 N–H and O–H groups in total. The number of benzene rings is 1. The van der Waals surface area contributed by atoms with E-state index in [1.165, 1.54) is 0 Å². The number of carbonyl (C=O) groups is 1. The minimum Gasteiger partial charge on any atom is -0.467 e. The van der Waals surface area contributed by atoms with Crippen LogP contribution in [0.2, 0.25) is 0 Å². The van der Waals surface area contributed by atoms with Gasteiger partial charge >= 0.3 is 0 Å². The zero-order valence-corrected chi connectivity index (χ0v) is 11.1. The standard InChI is InChI=1S/C15H18N2O3/c18-9-4-8-16-14-7-2-1-6-13(14)15(19)17-11-12-5-3-10-20-12/h1-3,5-7,10,16,18H,4,8-9,11H2,(H,17,19). The van der Waals surface area contributed by atoms with Crippen LogP contribution >= 0.6 is 0 Å². The number of hydrogen-bond acceptors (Lipinski definition) is 4. The maximum atomic E-state index is 12.2. The summed E-state index contributed by atoms with van der Waals surface area (Å²) in [6.07, 6.45) is 2.22. The Hall–Kier alpha value is -2.27. The minimum absolute atomic E-state index is 0.125. The Labute approximate surface area is 117 Å². The van der Waals surface area contributed by atoms with E-state index in [0.717, 1.165) is 5.69 Å². The maximum Gasteiger partial charge on any atom is 0.253 e. The zero-order valence-electron chi connectivity index (χ0n) is 11.1. The van der Waals surface area contributed by atoms with Gasteiger partial charge in [0.25, 0.3) is 5.91 Å². The van der Waals surface area contributed by atoms with Crippen LogP contribution in [0.1, 0.15) is 22.5 Å².